The average molecular weight is 374 g/mol. The van der Waals surface area contributed by atoms with E-state index in [2.05, 4.69) is 11.2 Å². The van der Waals surface area contributed by atoms with Gasteiger partial charge in [-0.2, -0.15) is 0 Å². The van der Waals surface area contributed by atoms with E-state index in [9.17, 15) is 4.79 Å². The van der Waals surface area contributed by atoms with E-state index in [-0.39, 0.29) is 0 Å². The van der Waals surface area contributed by atoms with E-state index in [0.717, 1.165) is 42.5 Å². The molecule has 0 atom stereocenters. The molecule has 3 rings (SSSR count). The van der Waals surface area contributed by atoms with Gasteiger partial charge in [0.05, 0.1) is 21.3 Å². The minimum Gasteiger partial charge on any atom is -0.313 e. The Hall–Kier alpha value is -2.10. The Morgan fingerprint density at radius 1 is 1.00 bits per heavy atom. The lowest BCUT2D eigenvalue weighted by Crippen LogP contribution is -2.11. The summed E-state index contributed by atoms with van der Waals surface area (Å²) in [4.78, 5) is 17.3. The maximum absolute atomic E-state index is 12.2. The van der Waals surface area contributed by atoms with Gasteiger partial charge in [-0.25, -0.2) is 4.79 Å². The molecule has 0 aliphatic heterocycles. The Labute approximate surface area is 156 Å². The Morgan fingerprint density at radius 3 is 2.52 bits per heavy atom. The molecule has 5 heteroatoms. The first-order valence-corrected chi connectivity index (χ1v) is 8.88. The maximum atomic E-state index is 12.2. The van der Waals surface area contributed by atoms with Crippen molar-refractivity contribution in [3.05, 3.63) is 75.3 Å². The molecule has 2 aromatic carbocycles. The van der Waals surface area contributed by atoms with Gasteiger partial charge in [-0.1, -0.05) is 58.7 Å². The molecular weight excluding hydrogens is 357 g/mol. The molecule has 0 aromatic heterocycles. The van der Waals surface area contributed by atoms with Crippen LogP contribution in [0.25, 0.3) is 6.08 Å². The van der Waals surface area contributed by atoms with Crippen molar-refractivity contribution in [2.75, 3.05) is 0 Å². The maximum Gasteiger partial charge on any atom is 0.365 e. The van der Waals surface area contributed by atoms with Crippen LogP contribution in [0.5, 0.6) is 0 Å². The number of nitrogens with zero attached hydrogens (tertiary/aromatic N) is 1. The summed E-state index contributed by atoms with van der Waals surface area (Å²) >= 11 is 11.8. The van der Waals surface area contributed by atoms with Gasteiger partial charge >= 0.3 is 5.97 Å². The Kier molecular flexibility index (Phi) is 5.90. The Bertz CT molecular complexity index is 829. The molecule has 1 fully saturated rings. The van der Waals surface area contributed by atoms with Crippen molar-refractivity contribution in [2.45, 2.75) is 25.7 Å². The first kappa shape index (κ1) is 17.7. The van der Waals surface area contributed by atoms with Crippen LogP contribution in [0.15, 0.2) is 59.3 Å². The highest BCUT2D eigenvalue weighted by molar-refractivity contribution is 6.42. The number of oxime groups is 1. The molecule has 1 saturated carbocycles. The smallest absolute Gasteiger partial charge is 0.313 e. The van der Waals surface area contributed by atoms with E-state index in [0.29, 0.717) is 15.6 Å². The molecular formula is C20H17Cl2NO2. The number of halogens is 2. The molecule has 0 saturated heterocycles. The summed E-state index contributed by atoms with van der Waals surface area (Å²) in [7, 11) is 0. The summed E-state index contributed by atoms with van der Waals surface area (Å²) in [5, 5.41) is 4.82. The van der Waals surface area contributed by atoms with Gasteiger partial charge < -0.3 is 4.84 Å². The van der Waals surface area contributed by atoms with Crippen LogP contribution in [0, 0.1) is 0 Å². The number of benzene rings is 2. The zero-order valence-electron chi connectivity index (χ0n) is 13.5. The summed E-state index contributed by atoms with van der Waals surface area (Å²) in [6.45, 7) is 0. The Morgan fingerprint density at radius 2 is 1.76 bits per heavy atom. The van der Waals surface area contributed by atoms with Crippen LogP contribution >= 0.6 is 23.2 Å². The highest BCUT2D eigenvalue weighted by atomic mass is 35.5. The molecule has 1 aliphatic carbocycles. The van der Waals surface area contributed by atoms with Crippen molar-refractivity contribution in [1.29, 1.82) is 0 Å². The van der Waals surface area contributed by atoms with E-state index < -0.39 is 5.97 Å². The van der Waals surface area contributed by atoms with Gasteiger partial charge in [0.15, 0.2) is 0 Å². The number of carbonyl (C=O) groups is 1. The van der Waals surface area contributed by atoms with Crippen LogP contribution < -0.4 is 0 Å². The van der Waals surface area contributed by atoms with E-state index >= 15 is 0 Å². The lowest BCUT2D eigenvalue weighted by Gasteiger charge is -2.16. The van der Waals surface area contributed by atoms with Gasteiger partial charge in [0, 0.05) is 0 Å². The van der Waals surface area contributed by atoms with E-state index in [1.165, 1.54) is 6.07 Å². The molecule has 0 bridgehead atoms. The highest BCUT2D eigenvalue weighted by Crippen LogP contribution is 2.25. The predicted molar refractivity (Wildman–Crippen MR) is 102 cm³/mol. The average Bonchev–Trinajstić information content (AvgIpc) is 2.64. The van der Waals surface area contributed by atoms with Crippen LogP contribution in [-0.4, -0.2) is 11.7 Å². The largest absolute Gasteiger partial charge is 0.365 e. The van der Waals surface area contributed by atoms with Crippen molar-refractivity contribution in [2.24, 2.45) is 5.16 Å². The molecule has 2 aromatic rings. The van der Waals surface area contributed by atoms with Crippen molar-refractivity contribution in [3.8, 4) is 0 Å². The van der Waals surface area contributed by atoms with Crippen molar-refractivity contribution >= 4 is 41.0 Å². The molecule has 25 heavy (non-hydrogen) atoms. The fraction of sp³-hybridized carbons (Fsp3) is 0.200. The topological polar surface area (TPSA) is 38.7 Å². The summed E-state index contributed by atoms with van der Waals surface area (Å²) in [5.41, 5.74) is 3.37. The normalized spacial score (nSPS) is 17.7. The zero-order chi connectivity index (χ0) is 17.6. The lowest BCUT2D eigenvalue weighted by atomic mass is 9.91. The fourth-order valence-corrected chi connectivity index (χ4v) is 2.99. The van der Waals surface area contributed by atoms with Gasteiger partial charge in [0.1, 0.15) is 0 Å². The van der Waals surface area contributed by atoms with Crippen LogP contribution in [0.1, 0.15) is 41.6 Å². The van der Waals surface area contributed by atoms with Crippen LogP contribution in [0.4, 0.5) is 0 Å². The van der Waals surface area contributed by atoms with Gasteiger partial charge in [-0.15, -0.1) is 0 Å². The van der Waals surface area contributed by atoms with Gasteiger partial charge in [-0.05, 0) is 61.1 Å². The number of hydrogen-bond acceptors (Lipinski definition) is 3. The number of hydrogen-bond donors (Lipinski definition) is 0. The third-order valence-corrected chi connectivity index (χ3v) is 4.75. The predicted octanol–water partition coefficient (Wildman–Crippen LogP) is 6.16. The van der Waals surface area contributed by atoms with E-state index in [4.69, 9.17) is 28.0 Å². The lowest BCUT2D eigenvalue weighted by molar-refractivity contribution is 0.0515. The summed E-state index contributed by atoms with van der Waals surface area (Å²) in [6.07, 6.45) is 5.98. The molecule has 128 valence electrons. The third kappa shape index (κ3) is 4.71. The zero-order valence-corrected chi connectivity index (χ0v) is 15.1. The second-order valence-electron chi connectivity index (χ2n) is 5.83. The minimum atomic E-state index is -0.546. The van der Waals surface area contributed by atoms with Crippen LogP contribution in [-0.2, 0) is 4.84 Å². The number of carbonyl (C=O) groups excluding carboxylic acids is 1. The van der Waals surface area contributed by atoms with E-state index in [1.807, 2.05) is 30.3 Å². The monoisotopic (exact) mass is 373 g/mol. The fourth-order valence-electron chi connectivity index (χ4n) is 2.70. The summed E-state index contributed by atoms with van der Waals surface area (Å²) in [5.74, 6) is -0.546. The van der Waals surface area contributed by atoms with Crippen molar-refractivity contribution < 1.29 is 9.63 Å². The first-order chi connectivity index (χ1) is 12.1. The molecule has 0 unspecified atom stereocenters. The van der Waals surface area contributed by atoms with E-state index in [1.54, 1.807) is 12.1 Å². The third-order valence-electron chi connectivity index (χ3n) is 4.01. The molecule has 0 amide bonds. The molecule has 0 radical (unpaired) electrons. The molecule has 1 aliphatic rings. The Balaban J connectivity index is 1.77. The van der Waals surface area contributed by atoms with Crippen molar-refractivity contribution in [3.63, 3.8) is 0 Å². The van der Waals surface area contributed by atoms with Crippen LogP contribution in [0.2, 0.25) is 10.0 Å². The summed E-state index contributed by atoms with van der Waals surface area (Å²) in [6, 6.07) is 14.7. The summed E-state index contributed by atoms with van der Waals surface area (Å²) < 4.78 is 0. The second-order valence-corrected chi connectivity index (χ2v) is 6.65. The molecule has 0 heterocycles. The second kappa shape index (κ2) is 8.32. The number of allylic oxidation sites excluding steroid dienone is 1. The minimum absolute atomic E-state index is 0.311. The first-order valence-electron chi connectivity index (χ1n) is 8.13. The van der Waals surface area contributed by atoms with Gasteiger partial charge in [0.25, 0.3) is 0 Å². The quantitative estimate of drug-likeness (QED) is 0.476. The van der Waals surface area contributed by atoms with Crippen molar-refractivity contribution in [1.82, 2.24) is 0 Å². The van der Waals surface area contributed by atoms with Crippen LogP contribution in [0.3, 0.4) is 0 Å². The SMILES string of the molecule is O=C(O/N=C1\CCCC\C1=C\c1ccccc1)c1ccc(Cl)c(Cl)c1. The molecule has 0 spiro atoms. The van der Waals surface area contributed by atoms with Gasteiger partial charge in [-0.3, -0.25) is 0 Å². The van der Waals surface area contributed by atoms with Gasteiger partial charge in [0.2, 0.25) is 0 Å². The standard InChI is InChI=1S/C20H17Cl2NO2/c21-17-11-10-16(13-18(17)22)20(24)25-23-19-9-5-4-8-15(19)12-14-6-2-1-3-7-14/h1-3,6-7,10-13H,4-5,8-9H2/b15-12-,23-19+. The number of rotatable bonds is 3. The highest BCUT2D eigenvalue weighted by Gasteiger charge is 2.16. The molecule has 3 nitrogen and oxygen atoms in total. The molecule has 0 N–H and O–H groups in total.